The van der Waals surface area contributed by atoms with Crippen molar-refractivity contribution in [2.45, 2.75) is 128 Å². The Kier molecular flexibility index (Phi) is 31.4. The number of carboxylic acids is 3. The van der Waals surface area contributed by atoms with Crippen LogP contribution in [0.15, 0.2) is 23.0 Å². The summed E-state index contributed by atoms with van der Waals surface area (Å²) in [5, 5.41) is 32.2. The maximum atomic E-state index is 12.2. The molecular formula is C40H68N2O13. The van der Waals surface area contributed by atoms with Crippen LogP contribution in [0.2, 0.25) is 0 Å². The molecule has 15 heteroatoms. The third-order valence-corrected chi connectivity index (χ3v) is 8.91. The molecule has 55 heavy (non-hydrogen) atoms. The van der Waals surface area contributed by atoms with Gasteiger partial charge < -0.3 is 49.6 Å². The van der Waals surface area contributed by atoms with Crippen molar-refractivity contribution < 1.29 is 63.0 Å². The Morgan fingerprint density at radius 2 is 0.964 bits per heavy atom. The highest BCUT2D eigenvalue weighted by Gasteiger charge is 2.20. The molecule has 0 saturated heterocycles. The lowest BCUT2D eigenvalue weighted by molar-refractivity contribution is -0.143. The van der Waals surface area contributed by atoms with Crippen LogP contribution in [-0.2, 0) is 47.7 Å². The Balaban J connectivity index is 2.02. The molecule has 0 aromatic rings. The monoisotopic (exact) mass is 784 g/mol. The van der Waals surface area contributed by atoms with Gasteiger partial charge in [0.05, 0.1) is 45.2 Å². The number of hydrogen-bond donors (Lipinski definition) is 5. The van der Waals surface area contributed by atoms with Crippen LogP contribution < -0.4 is 10.6 Å². The minimum Gasteiger partial charge on any atom is -0.487 e. The fourth-order valence-corrected chi connectivity index (χ4v) is 5.94. The molecule has 0 radical (unpaired) electrons. The Bertz CT molecular complexity index is 1140. The first-order valence-electron chi connectivity index (χ1n) is 20.3. The molecule has 0 bridgehead atoms. The molecular weight excluding hydrogens is 716 g/mol. The summed E-state index contributed by atoms with van der Waals surface area (Å²) in [5.41, 5.74) is 1.23. The SMILES string of the molecule is O=C(O)CCCCCCCCCCCCCCCCCCC1=CC(C(=O)O)=C(OCC(=O)NCCOCCOCC(=O)NCCOCCOCC(=O)O)CC1. The maximum absolute atomic E-state index is 12.2. The third-order valence-electron chi connectivity index (χ3n) is 8.91. The summed E-state index contributed by atoms with van der Waals surface area (Å²) in [7, 11) is 0. The Hall–Kier alpha value is -3.53. The lowest BCUT2D eigenvalue weighted by atomic mass is 9.93. The lowest BCUT2D eigenvalue weighted by Gasteiger charge is -2.19. The van der Waals surface area contributed by atoms with Crippen LogP contribution in [0.3, 0.4) is 0 Å². The Morgan fingerprint density at radius 3 is 1.45 bits per heavy atom. The molecule has 0 fully saturated rings. The number of ether oxygens (including phenoxy) is 5. The predicted octanol–water partition coefficient (Wildman–Crippen LogP) is 5.55. The molecule has 1 aliphatic carbocycles. The van der Waals surface area contributed by atoms with Crippen LogP contribution in [0.5, 0.6) is 0 Å². The largest absolute Gasteiger partial charge is 0.487 e. The van der Waals surface area contributed by atoms with Crippen molar-refractivity contribution in [1.29, 1.82) is 0 Å². The zero-order valence-corrected chi connectivity index (χ0v) is 32.9. The van der Waals surface area contributed by atoms with Crippen molar-refractivity contribution in [3.05, 3.63) is 23.0 Å². The van der Waals surface area contributed by atoms with E-state index in [9.17, 15) is 29.1 Å². The number of aliphatic carboxylic acids is 3. The van der Waals surface area contributed by atoms with Gasteiger partial charge in [-0.1, -0.05) is 95.5 Å². The van der Waals surface area contributed by atoms with E-state index in [4.69, 9.17) is 33.9 Å². The van der Waals surface area contributed by atoms with Crippen LogP contribution in [0.4, 0.5) is 0 Å². The van der Waals surface area contributed by atoms with Gasteiger partial charge in [0.2, 0.25) is 5.91 Å². The van der Waals surface area contributed by atoms with Crippen LogP contribution >= 0.6 is 0 Å². The number of rotatable bonds is 39. The number of carboxylic acid groups (broad SMARTS) is 3. The van der Waals surface area contributed by atoms with Crippen molar-refractivity contribution in [2.24, 2.45) is 0 Å². The summed E-state index contributed by atoms with van der Waals surface area (Å²) in [6.07, 6.45) is 23.1. The number of nitrogens with one attached hydrogen (secondary N) is 2. The van der Waals surface area contributed by atoms with Crippen LogP contribution in [0.25, 0.3) is 0 Å². The van der Waals surface area contributed by atoms with E-state index in [2.05, 4.69) is 10.6 Å². The predicted molar refractivity (Wildman–Crippen MR) is 206 cm³/mol. The van der Waals surface area contributed by atoms with E-state index < -0.39 is 17.9 Å². The van der Waals surface area contributed by atoms with Crippen molar-refractivity contribution >= 4 is 29.7 Å². The quantitative estimate of drug-likeness (QED) is 0.0484. The van der Waals surface area contributed by atoms with Gasteiger partial charge >= 0.3 is 17.9 Å². The van der Waals surface area contributed by atoms with Crippen molar-refractivity contribution in [1.82, 2.24) is 10.6 Å². The summed E-state index contributed by atoms with van der Waals surface area (Å²) in [6, 6.07) is 0. The fraction of sp³-hybridized carbons (Fsp3) is 0.775. The van der Waals surface area contributed by atoms with Gasteiger partial charge in [-0.25, -0.2) is 9.59 Å². The molecule has 0 atom stereocenters. The van der Waals surface area contributed by atoms with Crippen LogP contribution in [0.1, 0.15) is 128 Å². The summed E-state index contributed by atoms with van der Waals surface area (Å²) in [6.45, 7) is 0.985. The maximum Gasteiger partial charge on any atom is 0.339 e. The molecule has 5 N–H and O–H groups in total. The molecule has 2 amide bonds. The van der Waals surface area contributed by atoms with Crippen molar-refractivity contribution in [2.75, 3.05) is 72.6 Å². The first kappa shape index (κ1) is 49.5. The molecule has 0 aliphatic heterocycles. The summed E-state index contributed by atoms with van der Waals surface area (Å²) < 4.78 is 26.3. The number of allylic oxidation sites excluding steroid dienone is 2. The van der Waals surface area contributed by atoms with Gasteiger partial charge in [0, 0.05) is 25.9 Å². The Labute approximate surface area is 326 Å². The molecule has 0 saturated carbocycles. The number of carbonyl (C=O) groups is 5. The fourth-order valence-electron chi connectivity index (χ4n) is 5.94. The second kappa shape index (κ2) is 34.9. The average molecular weight is 785 g/mol. The molecule has 1 rings (SSSR count). The first-order chi connectivity index (χ1) is 26.7. The lowest BCUT2D eigenvalue weighted by Crippen LogP contribution is -2.32. The number of hydrogen-bond acceptors (Lipinski definition) is 10. The van der Waals surface area contributed by atoms with E-state index in [1.54, 1.807) is 6.08 Å². The Morgan fingerprint density at radius 1 is 0.509 bits per heavy atom. The van der Waals surface area contributed by atoms with E-state index in [1.807, 2.05) is 0 Å². The second-order valence-electron chi connectivity index (χ2n) is 13.7. The smallest absolute Gasteiger partial charge is 0.339 e. The molecule has 316 valence electrons. The van der Waals surface area contributed by atoms with E-state index >= 15 is 0 Å². The van der Waals surface area contributed by atoms with Gasteiger partial charge in [-0.05, 0) is 31.8 Å². The zero-order valence-electron chi connectivity index (χ0n) is 32.9. The molecule has 0 unspecified atom stereocenters. The van der Waals surface area contributed by atoms with Gasteiger partial charge in [-0.2, -0.15) is 0 Å². The van der Waals surface area contributed by atoms with Gasteiger partial charge in [-0.3, -0.25) is 14.4 Å². The standard InChI is InChI=1S/C40H68N2O13/c43-36(41-21-23-52-26-28-54-32-39(47)48)30-53-27-25-51-24-22-42-37(44)31-55-35-20-19-33(29-34(35)40(49)50)17-15-13-11-9-7-5-3-1-2-4-6-8-10-12-14-16-18-38(45)46/h29H,1-28,30-32H2,(H,41,43)(H,42,44)(H,45,46)(H,47,48)(H,49,50). The van der Waals surface area contributed by atoms with Gasteiger partial charge in [0.1, 0.15) is 19.0 Å². The molecule has 1 aliphatic rings. The minimum absolute atomic E-state index is 0.118. The van der Waals surface area contributed by atoms with Gasteiger partial charge in [0.25, 0.3) is 5.91 Å². The van der Waals surface area contributed by atoms with E-state index in [1.165, 1.54) is 70.6 Å². The average Bonchev–Trinajstić information content (AvgIpc) is 3.15. The van der Waals surface area contributed by atoms with E-state index in [0.717, 1.165) is 50.5 Å². The normalized spacial score (nSPS) is 12.7. The molecule has 0 heterocycles. The third kappa shape index (κ3) is 31.4. The summed E-state index contributed by atoms with van der Waals surface area (Å²) in [4.78, 5) is 56.7. The molecule has 15 nitrogen and oxygen atoms in total. The second-order valence-corrected chi connectivity index (χ2v) is 13.7. The first-order valence-corrected chi connectivity index (χ1v) is 20.3. The molecule has 0 aromatic heterocycles. The minimum atomic E-state index is -1.06. The van der Waals surface area contributed by atoms with Crippen molar-refractivity contribution in [3.63, 3.8) is 0 Å². The van der Waals surface area contributed by atoms with Crippen LogP contribution in [0, 0.1) is 0 Å². The van der Waals surface area contributed by atoms with E-state index in [-0.39, 0.29) is 89.9 Å². The number of carbonyl (C=O) groups excluding carboxylic acids is 2. The highest BCUT2D eigenvalue weighted by molar-refractivity contribution is 5.91. The zero-order chi connectivity index (χ0) is 40.2. The van der Waals surface area contributed by atoms with Gasteiger partial charge in [0.15, 0.2) is 6.61 Å². The molecule has 0 aromatic carbocycles. The van der Waals surface area contributed by atoms with E-state index in [0.29, 0.717) is 18.6 Å². The van der Waals surface area contributed by atoms with Crippen LogP contribution in [-0.4, -0.2) is 118 Å². The molecule has 0 spiro atoms. The van der Waals surface area contributed by atoms with Crippen molar-refractivity contribution in [3.8, 4) is 0 Å². The summed E-state index contributed by atoms with van der Waals surface area (Å²) >= 11 is 0. The topological polar surface area (TPSA) is 216 Å². The van der Waals surface area contributed by atoms with Gasteiger partial charge in [-0.15, -0.1) is 0 Å². The number of unbranched alkanes of at least 4 members (excludes halogenated alkanes) is 15. The highest BCUT2D eigenvalue weighted by Crippen LogP contribution is 2.28. The number of amides is 2. The highest BCUT2D eigenvalue weighted by atomic mass is 16.5. The summed E-state index contributed by atoms with van der Waals surface area (Å²) in [5.74, 6) is -3.17.